The number of hydrogen-bond acceptors (Lipinski definition) is 4. The van der Waals surface area contributed by atoms with E-state index in [0.29, 0.717) is 12.5 Å². The second kappa shape index (κ2) is 7.46. The average molecular weight is 384 g/mol. The van der Waals surface area contributed by atoms with Gasteiger partial charge in [0, 0.05) is 29.5 Å². The third-order valence-electron chi connectivity index (χ3n) is 5.33. The lowest BCUT2D eigenvalue weighted by Crippen LogP contribution is -2.00. The Bertz CT molecular complexity index is 1080. The normalized spacial score (nSPS) is 13.0. The van der Waals surface area contributed by atoms with Crippen molar-refractivity contribution in [2.24, 2.45) is 0 Å². The van der Waals surface area contributed by atoms with Gasteiger partial charge in [0.15, 0.2) is 0 Å². The number of ether oxygens (including phenoxy) is 1. The molecule has 0 aliphatic rings. The van der Waals surface area contributed by atoms with E-state index in [1.165, 1.54) is 21.4 Å². The molecule has 142 valence electrons. The van der Waals surface area contributed by atoms with Gasteiger partial charge in [-0.05, 0) is 48.9 Å². The van der Waals surface area contributed by atoms with E-state index in [0.717, 1.165) is 40.0 Å². The Balaban J connectivity index is 1.79. The summed E-state index contributed by atoms with van der Waals surface area (Å²) in [7, 11) is 1.72. The van der Waals surface area contributed by atoms with E-state index in [4.69, 9.17) is 4.74 Å². The molecule has 0 amide bonds. The smallest absolute Gasteiger partial charge is 0.126 e. The van der Waals surface area contributed by atoms with Gasteiger partial charge in [0.1, 0.15) is 5.69 Å². The Morgan fingerprint density at radius 3 is 2.85 bits per heavy atom. The lowest BCUT2D eigenvalue weighted by atomic mass is 9.92. The molecule has 0 saturated carbocycles. The summed E-state index contributed by atoms with van der Waals surface area (Å²) >= 11 is 1.72. The molecule has 1 aromatic carbocycles. The number of nitrogens with zero attached hydrogens (tertiary/aromatic N) is 1. The number of benzene rings is 1. The largest absolute Gasteiger partial charge is 0.396 e. The minimum atomic E-state index is 0.221. The topological polar surface area (TPSA) is 73.9 Å². The van der Waals surface area contributed by atoms with Gasteiger partial charge in [-0.3, -0.25) is 5.10 Å². The number of aliphatic hydroxyl groups is 1. The Labute approximate surface area is 162 Å². The molecule has 3 heterocycles. The summed E-state index contributed by atoms with van der Waals surface area (Å²) in [5.74, 6) is 0.387. The lowest BCUT2D eigenvalue weighted by Gasteiger charge is -2.13. The van der Waals surface area contributed by atoms with Gasteiger partial charge < -0.3 is 14.8 Å². The second-order valence-corrected chi connectivity index (χ2v) is 8.14. The Morgan fingerprint density at radius 1 is 1.26 bits per heavy atom. The number of aliphatic hydroxyl groups excluding tert-OH is 1. The van der Waals surface area contributed by atoms with Gasteiger partial charge in [-0.15, -0.1) is 11.3 Å². The first-order valence-corrected chi connectivity index (χ1v) is 10.2. The summed E-state index contributed by atoms with van der Waals surface area (Å²) < 4.78 is 6.42. The third kappa shape index (κ3) is 3.18. The molecule has 1 unspecified atom stereocenters. The van der Waals surface area contributed by atoms with Gasteiger partial charge in [0.25, 0.3) is 0 Å². The molecule has 4 rings (SSSR count). The highest BCUT2D eigenvalue weighted by atomic mass is 32.1. The van der Waals surface area contributed by atoms with Crippen molar-refractivity contribution >= 4 is 32.5 Å². The molecule has 0 aliphatic heterocycles. The number of fused-ring (bicyclic) bond motifs is 2. The van der Waals surface area contributed by atoms with Crippen molar-refractivity contribution in [2.45, 2.75) is 39.2 Å². The fourth-order valence-corrected chi connectivity index (χ4v) is 4.93. The molecular weight excluding hydrogens is 358 g/mol. The van der Waals surface area contributed by atoms with E-state index in [1.807, 2.05) is 0 Å². The molecule has 0 spiro atoms. The number of hydrogen-bond donors (Lipinski definition) is 3. The molecule has 0 radical (unpaired) electrons. The summed E-state index contributed by atoms with van der Waals surface area (Å²) in [6.07, 6.45) is 1.82. The minimum absolute atomic E-state index is 0.221. The van der Waals surface area contributed by atoms with Crippen molar-refractivity contribution in [2.75, 3.05) is 13.7 Å². The predicted molar refractivity (Wildman–Crippen MR) is 111 cm³/mol. The highest BCUT2D eigenvalue weighted by Gasteiger charge is 2.18. The van der Waals surface area contributed by atoms with Crippen LogP contribution >= 0.6 is 11.3 Å². The molecule has 0 bridgehead atoms. The van der Waals surface area contributed by atoms with Crippen LogP contribution in [0, 0.1) is 6.92 Å². The van der Waals surface area contributed by atoms with E-state index in [-0.39, 0.29) is 6.61 Å². The quantitative estimate of drug-likeness (QED) is 0.415. The minimum Gasteiger partial charge on any atom is -0.396 e. The summed E-state index contributed by atoms with van der Waals surface area (Å²) in [6, 6.07) is 8.72. The van der Waals surface area contributed by atoms with Crippen LogP contribution in [0.5, 0.6) is 0 Å². The van der Waals surface area contributed by atoms with E-state index in [1.54, 1.807) is 18.4 Å². The van der Waals surface area contributed by atoms with Crippen LogP contribution in [-0.2, 0) is 11.3 Å². The summed E-state index contributed by atoms with van der Waals surface area (Å²) in [5, 5.41) is 18.3. The zero-order valence-electron chi connectivity index (χ0n) is 15.9. The fraction of sp³-hybridized carbons (Fsp3) is 0.381. The van der Waals surface area contributed by atoms with Crippen molar-refractivity contribution in [3.05, 3.63) is 40.3 Å². The Hall–Kier alpha value is -2.15. The van der Waals surface area contributed by atoms with Gasteiger partial charge in [0.2, 0.25) is 0 Å². The average Bonchev–Trinajstić information content (AvgIpc) is 3.32. The highest BCUT2D eigenvalue weighted by Crippen LogP contribution is 2.37. The van der Waals surface area contributed by atoms with E-state index < -0.39 is 0 Å². The molecule has 3 aromatic heterocycles. The van der Waals surface area contributed by atoms with Crippen molar-refractivity contribution in [3.63, 3.8) is 0 Å². The number of thiophene rings is 1. The highest BCUT2D eigenvalue weighted by molar-refractivity contribution is 7.19. The zero-order valence-corrected chi connectivity index (χ0v) is 16.7. The van der Waals surface area contributed by atoms with Gasteiger partial charge in [-0.25, -0.2) is 0 Å². The first-order valence-electron chi connectivity index (χ1n) is 9.35. The molecule has 6 heteroatoms. The molecule has 4 aromatic rings. The van der Waals surface area contributed by atoms with Crippen molar-refractivity contribution in [1.82, 2.24) is 15.2 Å². The van der Waals surface area contributed by atoms with Crippen molar-refractivity contribution in [1.29, 1.82) is 0 Å². The van der Waals surface area contributed by atoms with Crippen LogP contribution in [0.15, 0.2) is 24.3 Å². The van der Waals surface area contributed by atoms with Crippen LogP contribution in [0.3, 0.4) is 0 Å². The number of H-pyrrole nitrogens is 2. The number of rotatable bonds is 7. The van der Waals surface area contributed by atoms with Gasteiger partial charge in [-0.2, -0.15) is 5.10 Å². The van der Waals surface area contributed by atoms with Crippen LogP contribution in [0.4, 0.5) is 0 Å². The van der Waals surface area contributed by atoms with Gasteiger partial charge in [0.05, 0.1) is 22.5 Å². The number of nitrogens with one attached hydrogen (secondary N) is 2. The molecule has 5 nitrogen and oxygen atoms in total. The molecule has 27 heavy (non-hydrogen) atoms. The first-order chi connectivity index (χ1) is 13.2. The maximum absolute atomic E-state index is 9.33. The molecule has 3 N–H and O–H groups in total. The summed E-state index contributed by atoms with van der Waals surface area (Å²) in [6.45, 7) is 5.15. The van der Waals surface area contributed by atoms with Gasteiger partial charge in [-0.1, -0.05) is 19.1 Å². The van der Waals surface area contributed by atoms with Crippen LogP contribution in [-0.4, -0.2) is 34.0 Å². The SMILES string of the molecule is CCC(CCO)c1ccc2c(C)c(-c3n[nH]c4cc(COC)sc34)[nH]c2c1. The number of aromatic nitrogens is 3. The van der Waals surface area contributed by atoms with E-state index >= 15 is 0 Å². The molecule has 0 saturated heterocycles. The summed E-state index contributed by atoms with van der Waals surface area (Å²) in [4.78, 5) is 4.78. The third-order valence-corrected chi connectivity index (χ3v) is 6.45. The zero-order chi connectivity index (χ0) is 19.0. The van der Waals surface area contributed by atoms with Crippen molar-refractivity contribution < 1.29 is 9.84 Å². The van der Waals surface area contributed by atoms with Crippen molar-refractivity contribution in [3.8, 4) is 11.4 Å². The molecular formula is C21H25N3O2S. The number of methoxy groups -OCH3 is 1. The Kier molecular flexibility index (Phi) is 5.04. The van der Waals surface area contributed by atoms with Gasteiger partial charge >= 0.3 is 0 Å². The summed E-state index contributed by atoms with van der Waals surface area (Å²) in [5.41, 5.74) is 6.69. The number of aryl methyl sites for hydroxylation is 1. The molecule has 0 fully saturated rings. The lowest BCUT2D eigenvalue weighted by molar-refractivity contribution is 0.187. The fourth-order valence-electron chi connectivity index (χ4n) is 3.86. The van der Waals surface area contributed by atoms with Crippen LogP contribution in [0.1, 0.15) is 41.7 Å². The maximum atomic E-state index is 9.33. The van der Waals surface area contributed by atoms with E-state index in [2.05, 4.69) is 53.3 Å². The van der Waals surface area contributed by atoms with Crippen LogP contribution in [0.2, 0.25) is 0 Å². The molecule has 0 aliphatic carbocycles. The standard InChI is InChI=1S/C21H25N3O2S/c1-4-13(7-8-25)14-5-6-16-12(2)19(22-17(16)9-14)20-21-18(23-24-20)10-15(27-21)11-26-3/h5-6,9-10,13,22,25H,4,7-8,11H2,1-3H3,(H,23,24). The predicted octanol–water partition coefficient (Wildman–Crippen LogP) is 5.10. The second-order valence-electron chi connectivity index (χ2n) is 7.01. The molecule has 1 atom stereocenters. The Morgan fingerprint density at radius 2 is 2.11 bits per heavy atom. The first kappa shape index (κ1) is 18.2. The van der Waals surface area contributed by atoms with E-state index in [9.17, 15) is 5.11 Å². The maximum Gasteiger partial charge on any atom is 0.126 e. The number of aromatic amines is 2. The monoisotopic (exact) mass is 383 g/mol. The van der Waals surface area contributed by atoms with Crippen LogP contribution < -0.4 is 0 Å². The van der Waals surface area contributed by atoms with Crippen LogP contribution in [0.25, 0.3) is 32.5 Å².